The van der Waals surface area contributed by atoms with Crippen molar-refractivity contribution >= 4 is 15.7 Å². The second-order valence-corrected chi connectivity index (χ2v) is 6.74. The molecule has 0 radical (unpaired) electrons. The summed E-state index contributed by atoms with van der Waals surface area (Å²) >= 11 is 0. The Bertz CT molecular complexity index is 553. The van der Waals surface area contributed by atoms with Gasteiger partial charge in [0.25, 0.3) is 0 Å². The van der Waals surface area contributed by atoms with Crippen molar-refractivity contribution in [3.63, 3.8) is 0 Å². The topological polar surface area (TPSA) is 92.4 Å². The molecule has 4 N–H and O–H groups in total. The van der Waals surface area contributed by atoms with Crippen LogP contribution in [-0.2, 0) is 16.4 Å². The van der Waals surface area contributed by atoms with Crippen molar-refractivity contribution in [2.24, 2.45) is 5.92 Å². The van der Waals surface area contributed by atoms with Crippen molar-refractivity contribution in [3.8, 4) is 0 Å². The van der Waals surface area contributed by atoms with E-state index in [0.717, 1.165) is 24.8 Å². The smallest absolute Gasteiger partial charge is 0.240 e. The van der Waals surface area contributed by atoms with E-state index in [-0.39, 0.29) is 17.4 Å². The zero-order chi connectivity index (χ0) is 14.0. The number of aliphatic hydroxyl groups excluding tert-OH is 1. The van der Waals surface area contributed by atoms with Crippen LogP contribution >= 0.6 is 0 Å². The van der Waals surface area contributed by atoms with Crippen LogP contribution in [0.1, 0.15) is 25.3 Å². The molecule has 6 heteroatoms. The van der Waals surface area contributed by atoms with E-state index in [0.29, 0.717) is 5.69 Å². The number of sulfonamides is 1. The maximum atomic E-state index is 12.1. The van der Waals surface area contributed by atoms with Gasteiger partial charge in [0, 0.05) is 12.2 Å². The number of aliphatic hydroxyl groups is 1. The lowest BCUT2D eigenvalue weighted by Gasteiger charge is -2.12. The number of nitrogen functional groups attached to an aromatic ring is 1. The summed E-state index contributed by atoms with van der Waals surface area (Å²) in [6.07, 6.45) is 2.12. The maximum absolute atomic E-state index is 12.1. The molecule has 1 aromatic carbocycles. The van der Waals surface area contributed by atoms with Gasteiger partial charge in [-0.1, -0.05) is 13.0 Å². The Morgan fingerprint density at radius 1 is 1.47 bits per heavy atom. The molecule has 0 bridgehead atoms. The minimum absolute atomic E-state index is 0.0580. The highest BCUT2D eigenvalue weighted by Gasteiger charge is 2.30. The number of hydrogen-bond donors (Lipinski definition) is 3. The molecule has 1 aromatic rings. The Morgan fingerprint density at radius 2 is 2.16 bits per heavy atom. The first-order valence-electron chi connectivity index (χ1n) is 6.50. The second kappa shape index (κ2) is 5.48. The van der Waals surface area contributed by atoms with Gasteiger partial charge in [-0.15, -0.1) is 0 Å². The number of rotatable bonds is 6. The van der Waals surface area contributed by atoms with E-state index in [1.165, 1.54) is 6.07 Å². The van der Waals surface area contributed by atoms with Crippen molar-refractivity contribution in [3.05, 3.63) is 23.8 Å². The van der Waals surface area contributed by atoms with Crippen LogP contribution in [0.5, 0.6) is 0 Å². The van der Waals surface area contributed by atoms with Gasteiger partial charge in [0.1, 0.15) is 0 Å². The van der Waals surface area contributed by atoms with E-state index in [1.807, 2.05) is 6.92 Å². The van der Waals surface area contributed by atoms with Crippen molar-refractivity contribution in [1.82, 2.24) is 4.72 Å². The Kier molecular flexibility index (Phi) is 4.13. The van der Waals surface area contributed by atoms with Gasteiger partial charge in [-0.05, 0) is 42.9 Å². The predicted octanol–water partition coefficient (Wildman–Crippen LogP) is 0.880. The maximum Gasteiger partial charge on any atom is 0.240 e. The first-order valence-corrected chi connectivity index (χ1v) is 7.98. The summed E-state index contributed by atoms with van der Waals surface area (Å²) in [5.74, 6) is 0.246. The lowest BCUT2D eigenvalue weighted by Crippen LogP contribution is -2.33. The fourth-order valence-corrected chi connectivity index (χ4v) is 3.07. The van der Waals surface area contributed by atoms with Crippen LogP contribution in [0.3, 0.4) is 0 Å². The number of nitrogens with one attached hydrogen (secondary N) is 1. The quantitative estimate of drug-likeness (QED) is 0.676. The highest BCUT2D eigenvalue weighted by atomic mass is 32.2. The van der Waals surface area contributed by atoms with Gasteiger partial charge >= 0.3 is 0 Å². The molecule has 1 unspecified atom stereocenters. The van der Waals surface area contributed by atoms with Crippen LogP contribution in [0.15, 0.2) is 23.1 Å². The third-order valence-corrected chi connectivity index (χ3v) is 4.88. The van der Waals surface area contributed by atoms with Gasteiger partial charge in [0.2, 0.25) is 10.0 Å². The summed E-state index contributed by atoms with van der Waals surface area (Å²) in [5.41, 5.74) is 7.21. The summed E-state index contributed by atoms with van der Waals surface area (Å²) in [6.45, 7) is 2.02. The van der Waals surface area contributed by atoms with E-state index in [4.69, 9.17) is 5.73 Å². The summed E-state index contributed by atoms with van der Waals surface area (Å²) in [7, 11) is -3.60. The van der Waals surface area contributed by atoms with Gasteiger partial charge in [0.15, 0.2) is 0 Å². The van der Waals surface area contributed by atoms with Crippen LogP contribution in [0.4, 0.5) is 5.69 Å². The molecule has 1 atom stereocenters. The molecule has 0 heterocycles. The molecular weight excluding hydrogens is 264 g/mol. The van der Waals surface area contributed by atoms with Gasteiger partial charge < -0.3 is 10.8 Å². The highest BCUT2D eigenvalue weighted by molar-refractivity contribution is 7.89. The van der Waals surface area contributed by atoms with Gasteiger partial charge in [-0.2, -0.15) is 0 Å². The SMILES string of the molecule is CCc1ccc(S(=O)(=O)NCC(O)C2CC2)cc1N. The lowest BCUT2D eigenvalue weighted by atomic mass is 10.1. The molecular formula is C13H20N2O3S. The minimum Gasteiger partial charge on any atom is -0.398 e. The van der Waals surface area contributed by atoms with Crippen molar-refractivity contribution in [2.45, 2.75) is 37.2 Å². The number of benzene rings is 1. The molecule has 0 aliphatic heterocycles. The number of aryl methyl sites for hydroxylation is 1. The highest BCUT2D eigenvalue weighted by Crippen LogP contribution is 2.32. The molecule has 1 aliphatic rings. The monoisotopic (exact) mass is 284 g/mol. The number of anilines is 1. The second-order valence-electron chi connectivity index (χ2n) is 4.97. The molecule has 1 fully saturated rings. The third kappa shape index (κ3) is 3.46. The average Bonchev–Trinajstić information content (AvgIpc) is 3.20. The van der Waals surface area contributed by atoms with E-state index in [2.05, 4.69) is 4.72 Å². The molecule has 1 saturated carbocycles. The van der Waals surface area contributed by atoms with E-state index in [9.17, 15) is 13.5 Å². The van der Waals surface area contributed by atoms with Crippen LogP contribution in [0.2, 0.25) is 0 Å². The fourth-order valence-electron chi connectivity index (χ4n) is 1.99. The zero-order valence-corrected chi connectivity index (χ0v) is 11.8. The molecule has 0 aromatic heterocycles. The molecule has 2 rings (SSSR count). The van der Waals surface area contributed by atoms with Gasteiger partial charge in [-0.25, -0.2) is 13.1 Å². The van der Waals surface area contributed by atoms with E-state index >= 15 is 0 Å². The minimum atomic E-state index is -3.60. The van der Waals surface area contributed by atoms with Crippen molar-refractivity contribution in [1.29, 1.82) is 0 Å². The van der Waals surface area contributed by atoms with Crippen molar-refractivity contribution < 1.29 is 13.5 Å². The van der Waals surface area contributed by atoms with Crippen molar-refractivity contribution in [2.75, 3.05) is 12.3 Å². The first-order chi connectivity index (χ1) is 8.94. The molecule has 5 nitrogen and oxygen atoms in total. The van der Waals surface area contributed by atoms with Gasteiger partial charge in [0.05, 0.1) is 11.0 Å². The average molecular weight is 284 g/mol. The van der Waals surface area contributed by atoms with E-state index in [1.54, 1.807) is 12.1 Å². The molecule has 0 spiro atoms. The molecule has 19 heavy (non-hydrogen) atoms. The Labute approximate surface area is 113 Å². The Balaban J connectivity index is 2.07. The van der Waals surface area contributed by atoms with Crippen LogP contribution in [-0.4, -0.2) is 26.2 Å². The molecule has 1 aliphatic carbocycles. The summed E-state index contributed by atoms with van der Waals surface area (Å²) in [4.78, 5) is 0.144. The summed E-state index contributed by atoms with van der Waals surface area (Å²) in [6, 6.07) is 4.73. The Morgan fingerprint density at radius 3 is 2.68 bits per heavy atom. The summed E-state index contributed by atoms with van der Waals surface area (Å²) < 4.78 is 26.5. The first kappa shape index (κ1) is 14.3. The van der Waals surface area contributed by atoms with Crippen LogP contribution in [0, 0.1) is 5.92 Å². The normalized spacial score (nSPS) is 17.4. The Hall–Kier alpha value is -1.11. The zero-order valence-electron chi connectivity index (χ0n) is 11.0. The standard InChI is InChI=1S/C13H20N2O3S/c1-2-9-5-6-11(7-12(9)14)19(17,18)15-8-13(16)10-3-4-10/h5-7,10,13,15-16H,2-4,8,14H2,1H3. The third-order valence-electron chi connectivity index (χ3n) is 3.46. The van der Waals surface area contributed by atoms with Gasteiger partial charge in [-0.3, -0.25) is 0 Å². The predicted molar refractivity (Wildman–Crippen MR) is 74.2 cm³/mol. The largest absolute Gasteiger partial charge is 0.398 e. The number of hydrogen-bond acceptors (Lipinski definition) is 4. The van der Waals surface area contributed by atoms with Crippen LogP contribution in [0.25, 0.3) is 0 Å². The van der Waals surface area contributed by atoms with E-state index < -0.39 is 16.1 Å². The van der Waals surface area contributed by atoms with Crippen LogP contribution < -0.4 is 10.5 Å². The molecule has 0 saturated heterocycles. The lowest BCUT2D eigenvalue weighted by molar-refractivity contribution is 0.155. The number of nitrogens with two attached hydrogens (primary N) is 1. The molecule has 0 amide bonds. The fraction of sp³-hybridized carbons (Fsp3) is 0.538. The molecule has 106 valence electrons. The summed E-state index contributed by atoms with van der Waals surface area (Å²) in [5, 5.41) is 9.68.